The molecule has 0 saturated carbocycles. The highest BCUT2D eigenvalue weighted by atomic mass is 16.5. The minimum atomic E-state index is -0.945. The van der Waals surface area contributed by atoms with Crippen molar-refractivity contribution in [2.45, 2.75) is 58.1 Å². The Morgan fingerprint density at radius 2 is 1.73 bits per heavy atom. The summed E-state index contributed by atoms with van der Waals surface area (Å²) in [6.07, 6.45) is -1.09. The van der Waals surface area contributed by atoms with E-state index in [1.807, 2.05) is 81.4 Å². The molecule has 0 aliphatic carbocycles. The van der Waals surface area contributed by atoms with Crippen LogP contribution in [0.1, 0.15) is 44.4 Å². The zero-order chi connectivity index (χ0) is 29.4. The summed E-state index contributed by atoms with van der Waals surface area (Å²) in [7, 11) is 0. The Hall–Kier alpha value is -3.47. The summed E-state index contributed by atoms with van der Waals surface area (Å²) in [6.45, 7) is 6.92. The van der Waals surface area contributed by atoms with E-state index in [-0.39, 0.29) is 44.3 Å². The van der Waals surface area contributed by atoms with Gasteiger partial charge in [0.15, 0.2) is 0 Å². The number of carbonyl (C=O) groups excluding carboxylic acids is 3. The van der Waals surface area contributed by atoms with Gasteiger partial charge in [0.2, 0.25) is 11.8 Å². The number of aliphatic hydroxyl groups excluding tert-OH is 1. The molecule has 2 aliphatic rings. The largest absolute Gasteiger partial charge is 0.445 e. The van der Waals surface area contributed by atoms with Gasteiger partial charge in [0.25, 0.3) is 0 Å². The molecule has 222 valence electrons. The second-order valence-corrected chi connectivity index (χ2v) is 11.5. The molecule has 2 aliphatic heterocycles. The number of nitrogens with one attached hydrogen (secondary N) is 1. The first kappa shape index (κ1) is 30.5. The topological polar surface area (TPSA) is 118 Å². The third-order valence-electron chi connectivity index (χ3n) is 7.41. The zero-order valence-corrected chi connectivity index (χ0v) is 24.0. The quantitative estimate of drug-likeness (QED) is 0.479. The number of hydrogen-bond acceptors (Lipinski definition) is 7. The number of aliphatic hydroxyl groups is 1. The number of morpholine rings is 1. The fourth-order valence-corrected chi connectivity index (χ4v) is 5.24. The first-order valence-corrected chi connectivity index (χ1v) is 14.1. The van der Waals surface area contributed by atoms with Gasteiger partial charge in [-0.05, 0) is 16.5 Å². The first-order chi connectivity index (χ1) is 19.7. The van der Waals surface area contributed by atoms with Gasteiger partial charge in [-0.1, -0.05) is 81.4 Å². The van der Waals surface area contributed by atoms with Crippen LogP contribution >= 0.6 is 0 Å². The molecule has 10 heteroatoms. The molecule has 0 unspecified atom stereocenters. The summed E-state index contributed by atoms with van der Waals surface area (Å²) < 4.78 is 17.1. The van der Waals surface area contributed by atoms with E-state index in [9.17, 15) is 19.5 Å². The highest BCUT2D eigenvalue weighted by Gasteiger charge is 2.47. The van der Waals surface area contributed by atoms with Crippen LogP contribution in [0.25, 0.3) is 0 Å². The number of alkyl carbamates (subject to hydrolysis) is 1. The molecule has 0 spiro atoms. The molecule has 2 aromatic carbocycles. The van der Waals surface area contributed by atoms with Crippen molar-refractivity contribution in [2.75, 3.05) is 39.5 Å². The summed E-state index contributed by atoms with van der Waals surface area (Å²) >= 11 is 0. The number of carbonyl (C=O) groups is 3. The van der Waals surface area contributed by atoms with Gasteiger partial charge in [-0.15, -0.1) is 0 Å². The van der Waals surface area contributed by atoms with E-state index in [1.54, 1.807) is 4.90 Å². The zero-order valence-electron chi connectivity index (χ0n) is 24.0. The lowest BCUT2D eigenvalue weighted by atomic mass is 9.85. The van der Waals surface area contributed by atoms with Crippen LogP contribution in [0.2, 0.25) is 0 Å². The van der Waals surface area contributed by atoms with Crippen LogP contribution in [-0.4, -0.2) is 90.5 Å². The predicted molar refractivity (Wildman–Crippen MR) is 152 cm³/mol. The number of benzene rings is 2. The molecule has 2 heterocycles. The number of amides is 3. The second kappa shape index (κ2) is 13.9. The number of rotatable bonds is 9. The molecular formula is C31H41N3O7. The normalized spacial score (nSPS) is 21.8. The van der Waals surface area contributed by atoms with E-state index in [4.69, 9.17) is 14.2 Å². The molecule has 0 aromatic heterocycles. The maximum absolute atomic E-state index is 14.1. The number of nitrogens with zero attached hydrogens (tertiary/aromatic N) is 2. The fourth-order valence-electron chi connectivity index (χ4n) is 5.24. The Balaban J connectivity index is 1.49. The lowest BCUT2D eigenvalue weighted by Gasteiger charge is -2.38. The van der Waals surface area contributed by atoms with Crippen LogP contribution in [0, 0.1) is 5.41 Å². The van der Waals surface area contributed by atoms with Crippen LogP contribution < -0.4 is 5.32 Å². The molecule has 2 fully saturated rings. The lowest BCUT2D eigenvalue weighted by Crippen LogP contribution is -2.58. The van der Waals surface area contributed by atoms with Gasteiger partial charge in [0.1, 0.15) is 24.8 Å². The van der Waals surface area contributed by atoms with Gasteiger partial charge >= 0.3 is 6.09 Å². The van der Waals surface area contributed by atoms with Gasteiger partial charge in [0, 0.05) is 19.5 Å². The minimum absolute atomic E-state index is 0.0687. The molecule has 4 rings (SSSR count). The molecule has 2 N–H and O–H groups in total. The van der Waals surface area contributed by atoms with Crippen LogP contribution in [0.3, 0.4) is 0 Å². The number of hydrogen-bond donors (Lipinski definition) is 2. The van der Waals surface area contributed by atoms with E-state index in [2.05, 4.69) is 5.32 Å². The number of ether oxygens (including phenoxy) is 3. The minimum Gasteiger partial charge on any atom is -0.445 e. The van der Waals surface area contributed by atoms with Gasteiger partial charge in [0.05, 0.1) is 32.5 Å². The molecule has 2 saturated heterocycles. The monoisotopic (exact) mass is 567 g/mol. The maximum atomic E-state index is 14.1. The smallest absolute Gasteiger partial charge is 0.408 e. The van der Waals surface area contributed by atoms with Crippen LogP contribution in [-0.2, 0) is 30.4 Å². The fraction of sp³-hybridized carbons (Fsp3) is 0.516. The van der Waals surface area contributed by atoms with Crippen molar-refractivity contribution >= 4 is 17.9 Å². The molecule has 3 amide bonds. The molecular weight excluding hydrogens is 526 g/mol. The summed E-state index contributed by atoms with van der Waals surface area (Å²) in [4.78, 5) is 44.0. The summed E-state index contributed by atoms with van der Waals surface area (Å²) in [5.41, 5.74) is 1.15. The van der Waals surface area contributed by atoms with E-state index in [0.717, 1.165) is 11.1 Å². The lowest BCUT2D eigenvalue weighted by molar-refractivity contribution is -0.150. The van der Waals surface area contributed by atoms with E-state index in [1.165, 1.54) is 4.90 Å². The highest BCUT2D eigenvalue weighted by Crippen LogP contribution is 2.30. The standard InChI is InChI=1S/C31H41N3O7/c1-31(2,3)27(32-30(38)41-21-22-10-6-4-7-11-22)29(37)34-19-24(39-17-15-35)18-25(34)28(36)33-14-16-40-26(20-33)23-12-8-5-9-13-23/h4-13,24-27,35H,14-21H2,1-3H3,(H,32,38)/t24-,25-,26-,27+/m0/s1. The van der Waals surface area contributed by atoms with Crippen molar-refractivity contribution < 1.29 is 33.7 Å². The first-order valence-electron chi connectivity index (χ1n) is 14.1. The Kier molecular flexibility index (Phi) is 10.4. The van der Waals surface area contributed by atoms with Crippen LogP contribution in [0.5, 0.6) is 0 Å². The summed E-state index contributed by atoms with van der Waals surface area (Å²) in [5.74, 6) is -0.563. The molecule has 0 bridgehead atoms. The average Bonchev–Trinajstić information content (AvgIpc) is 3.42. The van der Waals surface area contributed by atoms with E-state index in [0.29, 0.717) is 26.1 Å². The Morgan fingerprint density at radius 3 is 2.39 bits per heavy atom. The van der Waals surface area contributed by atoms with Gasteiger partial charge in [-0.25, -0.2) is 4.79 Å². The molecule has 0 radical (unpaired) electrons. The maximum Gasteiger partial charge on any atom is 0.408 e. The van der Waals surface area contributed by atoms with Gasteiger partial charge < -0.3 is 34.4 Å². The summed E-state index contributed by atoms with van der Waals surface area (Å²) in [6, 6.07) is 17.3. The van der Waals surface area contributed by atoms with E-state index >= 15 is 0 Å². The van der Waals surface area contributed by atoms with Crippen molar-refractivity contribution in [3.8, 4) is 0 Å². The second-order valence-electron chi connectivity index (χ2n) is 11.5. The Morgan fingerprint density at radius 1 is 1.05 bits per heavy atom. The van der Waals surface area contributed by atoms with Crippen molar-refractivity contribution in [2.24, 2.45) is 5.41 Å². The molecule has 41 heavy (non-hydrogen) atoms. The Bertz CT molecular complexity index is 1160. The number of likely N-dealkylation sites (tertiary alicyclic amines) is 1. The third kappa shape index (κ3) is 8.06. The van der Waals surface area contributed by atoms with E-state index < -0.39 is 29.7 Å². The SMILES string of the molecule is CC(C)(C)[C@H](NC(=O)OCc1ccccc1)C(=O)N1C[C@@H](OCCO)C[C@H]1C(=O)N1CCO[C@H](c2ccccc2)C1. The van der Waals surface area contributed by atoms with Crippen LogP contribution in [0.4, 0.5) is 4.79 Å². The molecule has 10 nitrogen and oxygen atoms in total. The summed E-state index contributed by atoms with van der Waals surface area (Å²) in [5, 5.41) is 12.0. The molecule has 4 atom stereocenters. The van der Waals surface area contributed by atoms with Crippen molar-refractivity contribution in [3.63, 3.8) is 0 Å². The van der Waals surface area contributed by atoms with Crippen molar-refractivity contribution in [1.29, 1.82) is 0 Å². The van der Waals surface area contributed by atoms with Crippen LogP contribution in [0.15, 0.2) is 60.7 Å². The van der Waals surface area contributed by atoms with Crippen molar-refractivity contribution in [1.82, 2.24) is 15.1 Å². The Labute approximate surface area is 241 Å². The highest BCUT2D eigenvalue weighted by molar-refractivity contribution is 5.92. The average molecular weight is 568 g/mol. The van der Waals surface area contributed by atoms with Gasteiger partial charge in [-0.2, -0.15) is 0 Å². The third-order valence-corrected chi connectivity index (χ3v) is 7.41. The van der Waals surface area contributed by atoms with Crippen molar-refractivity contribution in [3.05, 3.63) is 71.8 Å². The predicted octanol–water partition coefficient (Wildman–Crippen LogP) is 2.91. The molecule has 2 aromatic rings. The van der Waals surface area contributed by atoms with Gasteiger partial charge in [-0.3, -0.25) is 9.59 Å².